The van der Waals surface area contributed by atoms with Gasteiger partial charge >= 0.3 is 0 Å². The topological polar surface area (TPSA) is 61.8 Å². The van der Waals surface area contributed by atoms with E-state index in [4.69, 9.17) is 14.2 Å². The van der Waals surface area contributed by atoms with E-state index in [9.17, 15) is 8.42 Å². The van der Waals surface area contributed by atoms with E-state index in [1.807, 2.05) is 78.9 Å². The van der Waals surface area contributed by atoms with Crippen molar-refractivity contribution in [3.8, 4) is 11.5 Å². The molecule has 3 aromatic rings. The van der Waals surface area contributed by atoms with Gasteiger partial charge in [-0.1, -0.05) is 61.5 Å². The molecule has 0 amide bonds. The summed E-state index contributed by atoms with van der Waals surface area (Å²) in [5, 5.41) is 0. The first kappa shape index (κ1) is 22.8. The van der Waals surface area contributed by atoms with Crippen molar-refractivity contribution in [2.45, 2.75) is 12.5 Å². The number of hydrogen-bond donors (Lipinski definition) is 0. The number of hydrogen-bond acceptors (Lipinski definition) is 5. The van der Waals surface area contributed by atoms with Crippen LogP contribution in [0.5, 0.6) is 11.5 Å². The van der Waals surface area contributed by atoms with E-state index in [0.717, 1.165) is 28.2 Å². The monoisotopic (exact) mass is 440 g/mol. The Morgan fingerprint density at radius 2 is 1.16 bits per heavy atom. The zero-order chi connectivity index (χ0) is 22.3. The molecule has 6 heteroatoms. The fourth-order valence-corrected chi connectivity index (χ4v) is 4.17. The molecule has 0 heterocycles. The molecular formula is C25H28O5S. The Morgan fingerprint density at radius 1 is 0.710 bits per heavy atom. The van der Waals surface area contributed by atoms with E-state index in [0.29, 0.717) is 0 Å². The smallest absolute Gasteiger partial charge is 0.152 e. The molecule has 0 aliphatic heterocycles. The average Bonchev–Trinajstić information content (AvgIpc) is 2.83. The van der Waals surface area contributed by atoms with Crippen molar-refractivity contribution < 1.29 is 22.6 Å². The molecule has 0 aliphatic carbocycles. The van der Waals surface area contributed by atoms with E-state index in [-0.39, 0.29) is 18.1 Å². The molecular weight excluding hydrogens is 412 g/mol. The highest BCUT2D eigenvalue weighted by Crippen LogP contribution is 2.41. The summed E-state index contributed by atoms with van der Waals surface area (Å²) < 4.78 is 41.5. The predicted molar refractivity (Wildman–Crippen MR) is 123 cm³/mol. The van der Waals surface area contributed by atoms with E-state index in [2.05, 4.69) is 0 Å². The van der Waals surface area contributed by atoms with Crippen molar-refractivity contribution in [1.82, 2.24) is 0 Å². The zero-order valence-electron chi connectivity index (χ0n) is 18.1. The minimum atomic E-state index is -3.17. The van der Waals surface area contributed by atoms with Crippen molar-refractivity contribution >= 4 is 9.84 Å². The molecule has 0 radical (unpaired) electrons. The first-order valence-corrected chi connectivity index (χ1v) is 12.0. The first-order chi connectivity index (χ1) is 14.9. The van der Waals surface area contributed by atoms with Gasteiger partial charge in [0.05, 0.1) is 26.6 Å². The summed E-state index contributed by atoms with van der Waals surface area (Å²) in [6, 6.07) is 25.1. The normalized spacial score (nSPS) is 11.8. The van der Waals surface area contributed by atoms with Gasteiger partial charge < -0.3 is 14.2 Å². The average molecular weight is 441 g/mol. The van der Waals surface area contributed by atoms with Crippen LogP contribution in [-0.4, -0.2) is 40.7 Å². The lowest BCUT2D eigenvalue weighted by molar-refractivity contribution is 0.0227. The Bertz CT molecular complexity index is 1010. The predicted octanol–water partition coefficient (Wildman–Crippen LogP) is 4.45. The highest BCUT2D eigenvalue weighted by Gasteiger charge is 2.38. The molecule has 164 valence electrons. The Balaban J connectivity index is 2.18. The lowest BCUT2D eigenvalue weighted by Crippen LogP contribution is -2.34. The standard InChI is InChI=1S/C25H28O5S/c1-4-31(26,27)19-18-30-25(20-8-6-5-7-9-20,21-10-14-23(28-2)15-11-21)22-12-16-24(29-3)17-13-22/h5-17H,4,18-19H2,1-3H3. The third-order valence-electron chi connectivity index (χ3n) is 5.33. The summed E-state index contributed by atoms with van der Waals surface area (Å²) >= 11 is 0. The van der Waals surface area contributed by atoms with Crippen LogP contribution < -0.4 is 9.47 Å². The molecule has 31 heavy (non-hydrogen) atoms. The number of ether oxygens (including phenoxy) is 3. The second kappa shape index (κ2) is 9.98. The van der Waals surface area contributed by atoms with Crippen LogP contribution in [-0.2, 0) is 20.2 Å². The third kappa shape index (κ3) is 5.09. The fourth-order valence-electron chi connectivity index (χ4n) is 3.54. The van der Waals surface area contributed by atoms with E-state index >= 15 is 0 Å². The van der Waals surface area contributed by atoms with Crippen LogP contribution in [0.25, 0.3) is 0 Å². The van der Waals surface area contributed by atoms with Crippen molar-refractivity contribution in [3.63, 3.8) is 0 Å². The molecule has 0 saturated carbocycles. The van der Waals surface area contributed by atoms with Gasteiger partial charge in [0.25, 0.3) is 0 Å². The summed E-state index contributed by atoms with van der Waals surface area (Å²) in [7, 11) is 0.0653. The summed E-state index contributed by atoms with van der Waals surface area (Å²) in [6.45, 7) is 1.70. The maximum absolute atomic E-state index is 12.1. The van der Waals surface area contributed by atoms with Crippen LogP contribution in [0.4, 0.5) is 0 Å². The molecule has 0 fully saturated rings. The van der Waals surface area contributed by atoms with Crippen LogP contribution >= 0.6 is 0 Å². The molecule has 0 unspecified atom stereocenters. The Hall–Kier alpha value is -2.83. The van der Waals surface area contributed by atoms with Gasteiger partial charge in [-0.15, -0.1) is 0 Å². The highest BCUT2D eigenvalue weighted by molar-refractivity contribution is 7.91. The van der Waals surface area contributed by atoms with Gasteiger partial charge in [-0.2, -0.15) is 0 Å². The molecule has 0 aromatic heterocycles. The molecule has 0 bridgehead atoms. The van der Waals surface area contributed by atoms with Crippen LogP contribution in [0, 0.1) is 0 Å². The largest absolute Gasteiger partial charge is 0.497 e. The maximum atomic E-state index is 12.1. The Kier molecular flexibility index (Phi) is 7.36. The highest BCUT2D eigenvalue weighted by atomic mass is 32.2. The van der Waals surface area contributed by atoms with Gasteiger partial charge in [0.15, 0.2) is 9.84 Å². The minimum absolute atomic E-state index is 0.0512. The zero-order valence-corrected chi connectivity index (χ0v) is 18.9. The number of sulfone groups is 1. The number of benzene rings is 3. The summed E-state index contributed by atoms with van der Waals surface area (Å²) in [4.78, 5) is 0. The van der Waals surface area contributed by atoms with E-state index in [1.54, 1.807) is 21.1 Å². The first-order valence-electron chi connectivity index (χ1n) is 10.1. The number of methoxy groups -OCH3 is 2. The summed E-state index contributed by atoms with van der Waals surface area (Å²) in [6.07, 6.45) is 0. The number of rotatable bonds is 10. The summed E-state index contributed by atoms with van der Waals surface area (Å²) in [5.74, 6) is 1.49. The van der Waals surface area contributed by atoms with Gasteiger partial charge in [-0.25, -0.2) is 8.42 Å². The lowest BCUT2D eigenvalue weighted by atomic mass is 9.80. The molecule has 3 rings (SSSR count). The SMILES string of the molecule is CCS(=O)(=O)CCOC(c1ccccc1)(c1ccc(OC)cc1)c1ccc(OC)cc1. The Labute approximate surface area is 184 Å². The summed E-state index contributed by atoms with van der Waals surface area (Å²) in [5.41, 5.74) is 1.65. The third-order valence-corrected chi connectivity index (χ3v) is 6.99. The van der Waals surface area contributed by atoms with E-state index in [1.165, 1.54) is 0 Å². The van der Waals surface area contributed by atoms with Gasteiger partial charge in [-0.3, -0.25) is 0 Å². The minimum Gasteiger partial charge on any atom is -0.497 e. The molecule has 0 saturated heterocycles. The quantitative estimate of drug-likeness (QED) is 0.436. The molecule has 0 aliphatic rings. The second-order valence-corrected chi connectivity index (χ2v) is 9.56. The molecule has 3 aromatic carbocycles. The van der Waals surface area contributed by atoms with Crippen molar-refractivity contribution in [1.29, 1.82) is 0 Å². The fraction of sp³-hybridized carbons (Fsp3) is 0.280. The second-order valence-electron chi connectivity index (χ2n) is 7.09. The lowest BCUT2D eigenvalue weighted by Gasteiger charge is -2.36. The van der Waals surface area contributed by atoms with Crippen molar-refractivity contribution in [2.75, 3.05) is 32.3 Å². The molecule has 0 spiro atoms. The van der Waals surface area contributed by atoms with Crippen LogP contribution in [0.3, 0.4) is 0 Å². The van der Waals surface area contributed by atoms with E-state index < -0.39 is 15.4 Å². The Morgan fingerprint density at radius 3 is 1.58 bits per heavy atom. The molecule has 5 nitrogen and oxygen atoms in total. The van der Waals surface area contributed by atoms with Gasteiger partial charge in [-0.05, 0) is 41.0 Å². The van der Waals surface area contributed by atoms with Crippen LogP contribution in [0.15, 0.2) is 78.9 Å². The van der Waals surface area contributed by atoms with Gasteiger partial charge in [0.1, 0.15) is 17.1 Å². The molecule has 0 atom stereocenters. The molecule has 0 N–H and O–H groups in total. The van der Waals surface area contributed by atoms with Crippen molar-refractivity contribution in [3.05, 3.63) is 95.6 Å². The van der Waals surface area contributed by atoms with Gasteiger partial charge in [0.2, 0.25) is 0 Å². The van der Waals surface area contributed by atoms with Crippen LogP contribution in [0.1, 0.15) is 23.6 Å². The van der Waals surface area contributed by atoms with Gasteiger partial charge in [0, 0.05) is 5.75 Å². The maximum Gasteiger partial charge on any atom is 0.152 e. The van der Waals surface area contributed by atoms with Crippen molar-refractivity contribution in [2.24, 2.45) is 0 Å². The van der Waals surface area contributed by atoms with Crippen LogP contribution in [0.2, 0.25) is 0 Å².